The second kappa shape index (κ2) is 44.3. The number of hydrogen-bond acceptors (Lipinski definition) is 11. The SMILES string of the molecule is CC/C=C\C/C=C\C/C=C\C/C=C\CCCCCCCCCCCOCC(COC1OC(CO)C(O)C(OS(=O)(=O)O)C1O)OC(=O)CCCCCCCCCCCCCCCCCCC. The van der Waals surface area contributed by atoms with Gasteiger partial charge < -0.3 is 34.3 Å². The average molecular weight is 957 g/mol. The second-order valence-electron chi connectivity index (χ2n) is 18.1. The molecule has 1 heterocycles. The molecule has 66 heavy (non-hydrogen) atoms. The first-order valence-corrected chi connectivity index (χ1v) is 27.8. The molecule has 0 amide bonds. The van der Waals surface area contributed by atoms with Crippen molar-refractivity contribution in [1.82, 2.24) is 0 Å². The Bertz CT molecular complexity index is 1340. The number of hydrogen-bond donors (Lipinski definition) is 4. The minimum Gasteiger partial charge on any atom is -0.457 e. The van der Waals surface area contributed by atoms with Gasteiger partial charge in [-0.1, -0.05) is 210 Å². The molecule has 1 rings (SSSR count). The fourth-order valence-corrected chi connectivity index (χ4v) is 8.53. The van der Waals surface area contributed by atoms with E-state index in [1.165, 1.54) is 122 Å². The van der Waals surface area contributed by atoms with Gasteiger partial charge in [-0.3, -0.25) is 9.35 Å². The Morgan fingerprint density at radius 1 is 0.591 bits per heavy atom. The molecule has 0 aromatic carbocycles. The third-order valence-electron chi connectivity index (χ3n) is 12.0. The maximum absolute atomic E-state index is 12.9. The highest BCUT2D eigenvalue weighted by Crippen LogP contribution is 2.26. The molecular weight excluding hydrogens is 861 g/mol. The molecule has 0 aromatic rings. The lowest BCUT2D eigenvalue weighted by molar-refractivity contribution is -0.301. The van der Waals surface area contributed by atoms with Crippen LogP contribution in [0.2, 0.25) is 0 Å². The smallest absolute Gasteiger partial charge is 0.397 e. The van der Waals surface area contributed by atoms with Gasteiger partial charge in [-0.15, -0.1) is 0 Å². The molecule has 1 aliphatic rings. The number of unbranched alkanes of at least 4 members (excludes halogenated alkanes) is 25. The second-order valence-corrected chi connectivity index (χ2v) is 19.1. The third-order valence-corrected chi connectivity index (χ3v) is 12.4. The minimum atomic E-state index is -5.07. The Labute approximate surface area is 402 Å². The molecular formula is C53H96O12S. The number of esters is 1. The molecule has 0 aromatic heterocycles. The largest absolute Gasteiger partial charge is 0.457 e. The summed E-state index contributed by atoms with van der Waals surface area (Å²) in [5.74, 6) is -0.399. The fourth-order valence-electron chi connectivity index (χ4n) is 8.02. The van der Waals surface area contributed by atoms with Crippen LogP contribution in [-0.2, 0) is 38.3 Å². The summed E-state index contributed by atoms with van der Waals surface area (Å²) in [6.07, 6.45) is 45.7. The van der Waals surface area contributed by atoms with Crippen molar-refractivity contribution in [2.45, 2.75) is 256 Å². The molecule has 0 saturated carbocycles. The van der Waals surface area contributed by atoms with Gasteiger partial charge in [0.1, 0.15) is 30.5 Å². The van der Waals surface area contributed by atoms with Crippen LogP contribution in [-0.4, -0.2) is 97.5 Å². The highest BCUT2D eigenvalue weighted by atomic mass is 32.3. The zero-order chi connectivity index (χ0) is 48.2. The standard InChI is InChI=1S/C53H96O12S/c1-3-5-7-9-11-13-15-17-19-21-22-23-24-25-27-29-31-33-35-37-39-41-43-61-45-47(46-62-53-51(57)52(65-66(58,59)60)50(56)48(44-54)64-53)63-49(55)42-40-38-36-34-32-30-28-26-20-18-16-14-12-10-8-6-4-2/h5,7,11,13,17,19,22-23,47-48,50-54,56-57H,3-4,6,8-10,12,14-16,18,20-21,24-46H2,1-2H3,(H,58,59,60)/b7-5-,13-11-,19-17-,23-22-. The minimum absolute atomic E-state index is 0.0333. The van der Waals surface area contributed by atoms with E-state index < -0.39 is 59.8 Å². The van der Waals surface area contributed by atoms with Crippen molar-refractivity contribution in [3.63, 3.8) is 0 Å². The van der Waals surface area contributed by atoms with Gasteiger partial charge in [0.25, 0.3) is 0 Å². The van der Waals surface area contributed by atoms with Crippen LogP contribution in [0.15, 0.2) is 48.6 Å². The summed E-state index contributed by atoms with van der Waals surface area (Å²) in [4.78, 5) is 12.9. The van der Waals surface area contributed by atoms with E-state index in [0.717, 1.165) is 70.6 Å². The van der Waals surface area contributed by atoms with Crippen molar-refractivity contribution in [2.24, 2.45) is 0 Å². The summed E-state index contributed by atoms with van der Waals surface area (Å²) in [5.41, 5.74) is 0. The molecule has 4 N–H and O–H groups in total. The summed E-state index contributed by atoms with van der Waals surface area (Å²) >= 11 is 0. The van der Waals surface area contributed by atoms with Crippen molar-refractivity contribution in [2.75, 3.05) is 26.4 Å². The van der Waals surface area contributed by atoms with Crippen LogP contribution < -0.4 is 0 Å². The molecule has 6 unspecified atom stereocenters. The van der Waals surface area contributed by atoms with Gasteiger partial charge in [-0.25, -0.2) is 4.18 Å². The lowest BCUT2D eigenvalue weighted by atomic mass is 9.99. The van der Waals surface area contributed by atoms with E-state index >= 15 is 0 Å². The molecule has 0 spiro atoms. The first-order chi connectivity index (χ1) is 32.1. The Balaban J connectivity index is 2.34. The average Bonchev–Trinajstić information content (AvgIpc) is 3.29. The van der Waals surface area contributed by atoms with E-state index in [9.17, 15) is 33.1 Å². The number of allylic oxidation sites excluding steroid dienone is 8. The Morgan fingerprint density at radius 2 is 1.05 bits per heavy atom. The highest BCUT2D eigenvalue weighted by molar-refractivity contribution is 7.80. The number of ether oxygens (including phenoxy) is 4. The van der Waals surface area contributed by atoms with Gasteiger partial charge in [0.05, 0.1) is 19.8 Å². The lowest BCUT2D eigenvalue weighted by Gasteiger charge is -2.41. The first kappa shape index (κ1) is 62.1. The predicted octanol–water partition coefficient (Wildman–Crippen LogP) is 12.3. The van der Waals surface area contributed by atoms with Gasteiger partial charge >= 0.3 is 16.4 Å². The lowest BCUT2D eigenvalue weighted by Crippen LogP contribution is -2.60. The van der Waals surface area contributed by atoms with Crippen LogP contribution in [0, 0.1) is 0 Å². The molecule has 0 bridgehead atoms. The van der Waals surface area contributed by atoms with Crippen LogP contribution >= 0.6 is 0 Å². The normalized spacial score (nSPS) is 19.9. The molecule has 6 atom stereocenters. The molecule has 1 saturated heterocycles. The van der Waals surface area contributed by atoms with Crippen molar-refractivity contribution in [3.05, 3.63) is 48.6 Å². The molecule has 0 radical (unpaired) electrons. The van der Waals surface area contributed by atoms with Crippen molar-refractivity contribution >= 4 is 16.4 Å². The first-order valence-electron chi connectivity index (χ1n) is 26.4. The number of aliphatic hydroxyl groups is 3. The maximum atomic E-state index is 12.9. The van der Waals surface area contributed by atoms with E-state index in [2.05, 4.69) is 66.6 Å². The monoisotopic (exact) mass is 957 g/mol. The van der Waals surface area contributed by atoms with Crippen molar-refractivity contribution in [1.29, 1.82) is 0 Å². The number of aliphatic hydroxyl groups excluding tert-OH is 3. The summed E-state index contributed by atoms with van der Waals surface area (Å²) in [6, 6.07) is 0. The molecule has 1 fully saturated rings. The van der Waals surface area contributed by atoms with Gasteiger partial charge in [0.15, 0.2) is 6.29 Å². The van der Waals surface area contributed by atoms with Crippen LogP contribution in [0.4, 0.5) is 0 Å². The van der Waals surface area contributed by atoms with Crippen molar-refractivity contribution < 1.29 is 56.2 Å². The van der Waals surface area contributed by atoms with E-state index in [1.54, 1.807) is 0 Å². The predicted molar refractivity (Wildman–Crippen MR) is 266 cm³/mol. The van der Waals surface area contributed by atoms with Crippen LogP contribution in [0.1, 0.15) is 219 Å². The number of rotatable bonds is 46. The van der Waals surface area contributed by atoms with E-state index in [1.807, 2.05) is 0 Å². The Kier molecular flexibility index (Phi) is 41.6. The Morgan fingerprint density at radius 3 is 1.53 bits per heavy atom. The van der Waals surface area contributed by atoms with Gasteiger partial charge in [0, 0.05) is 13.0 Å². The summed E-state index contributed by atoms with van der Waals surface area (Å²) in [7, 11) is -5.07. The molecule has 1 aliphatic heterocycles. The van der Waals surface area contributed by atoms with Gasteiger partial charge in [-0.2, -0.15) is 8.42 Å². The number of carbonyl (C=O) groups is 1. The van der Waals surface area contributed by atoms with Crippen molar-refractivity contribution in [3.8, 4) is 0 Å². The van der Waals surface area contributed by atoms with Gasteiger partial charge in [0.2, 0.25) is 0 Å². The fraction of sp³-hybridized carbons (Fsp3) is 0.830. The van der Waals surface area contributed by atoms with E-state index in [4.69, 9.17) is 18.9 Å². The molecule has 0 aliphatic carbocycles. The molecule has 12 nitrogen and oxygen atoms in total. The van der Waals surface area contributed by atoms with Crippen LogP contribution in [0.25, 0.3) is 0 Å². The van der Waals surface area contributed by atoms with E-state index in [-0.39, 0.29) is 19.6 Å². The molecule has 386 valence electrons. The van der Waals surface area contributed by atoms with E-state index in [0.29, 0.717) is 13.0 Å². The zero-order valence-electron chi connectivity index (χ0n) is 41.5. The summed E-state index contributed by atoms with van der Waals surface area (Å²) < 4.78 is 59.3. The summed E-state index contributed by atoms with van der Waals surface area (Å²) in [6.45, 7) is 3.89. The molecule has 13 heteroatoms. The quantitative estimate of drug-likeness (QED) is 0.0197. The number of carbonyl (C=O) groups excluding carboxylic acids is 1. The van der Waals surface area contributed by atoms with Crippen LogP contribution in [0.5, 0.6) is 0 Å². The third kappa shape index (κ3) is 37.0. The topological polar surface area (TPSA) is 178 Å². The van der Waals surface area contributed by atoms with Gasteiger partial charge in [-0.05, 0) is 51.4 Å². The summed E-state index contributed by atoms with van der Waals surface area (Å²) in [5, 5.41) is 30.8. The Hall–Kier alpha value is -1.94. The highest BCUT2D eigenvalue weighted by Gasteiger charge is 2.48. The van der Waals surface area contributed by atoms with Crippen LogP contribution in [0.3, 0.4) is 0 Å². The maximum Gasteiger partial charge on any atom is 0.397 e. The zero-order valence-corrected chi connectivity index (χ0v) is 42.3.